The molecule has 2 aromatic rings. The van der Waals surface area contributed by atoms with Crippen molar-refractivity contribution in [3.05, 3.63) is 30.6 Å². The molecule has 3 rings (SSSR count). The zero-order valence-corrected chi connectivity index (χ0v) is 19.7. The Labute approximate surface area is 203 Å². The highest BCUT2D eigenvalue weighted by molar-refractivity contribution is 5.75. The van der Waals surface area contributed by atoms with Gasteiger partial charge in [-0.1, -0.05) is 12.1 Å². The zero-order valence-electron chi connectivity index (χ0n) is 19.7. The molecule has 14 heteroatoms. The third-order valence-corrected chi connectivity index (χ3v) is 5.40. The van der Waals surface area contributed by atoms with Crippen LogP contribution in [0, 0.1) is 5.92 Å². The van der Waals surface area contributed by atoms with E-state index in [1.165, 1.54) is 37.9 Å². The summed E-state index contributed by atoms with van der Waals surface area (Å²) < 4.78 is 71.0. The Morgan fingerprint density at radius 2 is 1.56 bits per heavy atom. The van der Waals surface area contributed by atoms with Crippen LogP contribution in [0.4, 0.5) is 26.3 Å². The highest BCUT2D eigenvalue weighted by Crippen LogP contribution is 2.23. The number of likely N-dealkylation sites (tertiary alicyclic amines) is 1. The first-order valence-corrected chi connectivity index (χ1v) is 10.9. The Bertz CT molecular complexity index is 932. The summed E-state index contributed by atoms with van der Waals surface area (Å²) in [5.41, 5.74) is 2.33. The van der Waals surface area contributed by atoms with Gasteiger partial charge in [0.2, 0.25) is 0 Å². The minimum absolute atomic E-state index is 0.461. The summed E-state index contributed by atoms with van der Waals surface area (Å²) in [5.74, 6) is -4.67. The van der Waals surface area contributed by atoms with E-state index in [-0.39, 0.29) is 0 Å². The van der Waals surface area contributed by atoms with E-state index in [4.69, 9.17) is 24.5 Å². The Kier molecular flexibility index (Phi) is 12.1. The van der Waals surface area contributed by atoms with Crippen molar-refractivity contribution in [2.24, 2.45) is 5.92 Å². The third-order valence-electron chi connectivity index (χ3n) is 5.40. The molecule has 1 aliphatic rings. The first kappa shape index (κ1) is 31.2. The highest BCUT2D eigenvalue weighted by Gasteiger charge is 2.38. The van der Waals surface area contributed by atoms with Gasteiger partial charge in [-0.05, 0) is 57.3 Å². The predicted octanol–water partition coefficient (Wildman–Crippen LogP) is 4.61. The fourth-order valence-electron chi connectivity index (χ4n) is 3.53. The molecule has 0 bridgehead atoms. The van der Waals surface area contributed by atoms with Crippen LogP contribution in [-0.4, -0.2) is 82.3 Å². The number of rotatable bonds is 6. The lowest BCUT2D eigenvalue weighted by Crippen LogP contribution is -2.37. The van der Waals surface area contributed by atoms with E-state index in [2.05, 4.69) is 45.6 Å². The number of fused-ring (bicyclic) bond motifs is 1. The van der Waals surface area contributed by atoms with Crippen molar-refractivity contribution in [2.45, 2.75) is 44.6 Å². The van der Waals surface area contributed by atoms with Crippen molar-refractivity contribution >= 4 is 23.0 Å². The van der Waals surface area contributed by atoms with Crippen molar-refractivity contribution in [1.29, 1.82) is 0 Å². The lowest BCUT2D eigenvalue weighted by molar-refractivity contribution is -0.193. The molecule has 0 radical (unpaired) electrons. The van der Waals surface area contributed by atoms with Gasteiger partial charge in [-0.2, -0.15) is 26.3 Å². The molecular formula is C22H29F6N3O5. The number of hydrogen-bond acceptors (Lipinski definition) is 5. The first-order valence-electron chi connectivity index (χ1n) is 10.9. The normalized spacial score (nSPS) is 15.9. The second-order valence-corrected chi connectivity index (χ2v) is 8.12. The van der Waals surface area contributed by atoms with E-state index in [1.54, 1.807) is 7.11 Å². The predicted molar refractivity (Wildman–Crippen MR) is 117 cm³/mol. The number of alkyl halides is 6. The molecule has 1 fully saturated rings. The largest absolute Gasteiger partial charge is 0.490 e. The van der Waals surface area contributed by atoms with Crippen molar-refractivity contribution in [2.75, 3.05) is 33.4 Å². The fraction of sp³-hybridized carbons (Fsp3) is 0.591. The van der Waals surface area contributed by atoms with Crippen LogP contribution < -0.4 is 0 Å². The maximum Gasteiger partial charge on any atom is 0.490 e. The molecule has 0 aliphatic carbocycles. The quantitative estimate of drug-likeness (QED) is 0.527. The summed E-state index contributed by atoms with van der Waals surface area (Å²) >= 11 is 0. The lowest BCUT2D eigenvalue weighted by Gasteiger charge is -2.33. The molecule has 1 aromatic carbocycles. The molecule has 2 N–H and O–H groups in total. The molecule has 2 heterocycles. The van der Waals surface area contributed by atoms with Crippen molar-refractivity contribution in [1.82, 2.24) is 14.5 Å². The van der Waals surface area contributed by atoms with Gasteiger partial charge in [-0.3, -0.25) is 0 Å². The zero-order chi connectivity index (χ0) is 27.5. The molecule has 8 nitrogen and oxygen atoms in total. The lowest BCUT2D eigenvalue weighted by atomic mass is 9.94. The molecule has 0 spiro atoms. The van der Waals surface area contributed by atoms with Crippen LogP contribution in [0.1, 0.15) is 32.2 Å². The Morgan fingerprint density at radius 3 is 2.03 bits per heavy atom. The third kappa shape index (κ3) is 10.8. The summed E-state index contributed by atoms with van der Waals surface area (Å²) in [6.45, 7) is 6.74. The number of aromatic nitrogens is 2. The second kappa shape index (κ2) is 14.0. The number of halogens is 6. The molecule has 1 aliphatic heterocycles. The molecule has 1 unspecified atom stereocenters. The maximum absolute atomic E-state index is 10.6. The summed E-state index contributed by atoms with van der Waals surface area (Å²) in [7, 11) is 1.80. The number of hydrogen-bond donors (Lipinski definition) is 2. The van der Waals surface area contributed by atoms with Crippen LogP contribution in [0.25, 0.3) is 11.0 Å². The van der Waals surface area contributed by atoms with Gasteiger partial charge in [-0.15, -0.1) is 0 Å². The van der Waals surface area contributed by atoms with Crippen LogP contribution in [0.15, 0.2) is 30.6 Å². The SMILES string of the molecule is COCCC1CCN(CC(C)n2cnc3ccccc32)CC1.O=C(O)C(F)(F)F.O=C(O)C(F)(F)F. The van der Waals surface area contributed by atoms with Crippen LogP contribution in [0.2, 0.25) is 0 Å². The Hall–Kier alpha value is -2.87. The van der Waals surface area contributed by atoms with Crippen molar-refractivity contribution in [3.63, 3.8) is 0 Å². The number of imidazole rings is 1. The summed E-state index contributed by atoms with van der Waals surface area (Å²) in [5, 5.41) is 14.2. The number of carboxylic acids is 2. The van der Waals surface area contributed by atoms with E-state index in [9.17, 15) is 26.3 Å². The number of para-hydroxylation sites is 2. The number of nitrogens with zero attached hydrogens (tertiary/aromatic N) is 3. The summed E-state index contributed by atoms with van der Waals surface area (Å²) in [6, 6.07) is 8.85. The van der Waals surface area contributed by atoms with Crippen LogP contribution in [0.3, 0.4) is 0 Å². The van der Waals surface area contributed by atoms with Gasteiger partial charge in [0.25, 0.3) is 0 Å². The van der Waals surface area contributed by atoms with Gasteiger partial charge in [0, 0.05) is 26.3 Å². The minimum atomic E-state index is -5.08. The number of aliphatic carboxylic acids is 2. The molecule has 1 aromatic heterocycles. The smallest absolute Gasteiger partial charge is 0.475 e. The van der Waals surface area contributed by atoms with E-state index >= 15 is 0 Å². The monoisotopic (exact) mass is 529 g/mol. The van der Waals surface area contributed by atoms with E-state index < -0.39 is 24.3 Å². The standard InChI is InChI=1S/C18H27N3O.2C2HF3O2/c1-15(21-14-19-17-5-3-4-6-18(17)21)13-20-10-7-16(8-11-20)9-12-22-2;2*3-2(4,5)1(6)7/h3-6,14-16H,7-13H2,1-2H3;2*(H,6,7). The average Bonchev–Trinajstić information content (AvgIpc) is 3.22. The number of piperidine rings is 1. The second-order valence-electron chi connectivity index (χ2n) is 8.12. The van der Waals surface area contributed by atoms with E-state index in [0.717, 1.165) is 24.6 Å². The van der Waals surface area contributed by atoms with E-state index in [0.29, 0.717) is 6.04 Å². The van der Waals surface area contributed by atoms with Gasteiger partial charge in [0.15, 0.2) is 0 Å². The molecule has 0 saturated carbocycles. The minimum Gasteiger partial charge on any atom is -0.475 e. The van der Waals surface area contributed by atoms with Crippen LogP contribution >= 0.6 is 0 Å². The van der Waals surface area contributed by atoms with Gasteiger partial charge < -0.3 is 24.4 Å². The first-order chi connectivity index (χ1) is 16.7. The van der Waals surface area contributed by atoms with Crippen LogP contribution in [-0.2, 0) is 14.3 Å². The van der Waals surface area contributed by atoms with Crippen LogP contribution in [0.5, 0.6) is 0 Å². The fourth-order valence-corrected chi connectivity index (χ4v) is 3.53. The van der Waals surface area contributed by atoms with Crippen molar-refractivity contribution < 1.29 is 50.9 Å². The number of carboxylic acid groups (broad SMARTS) is 2. The van der Waals surface area contributed by atoms with Gasteiger partial charge >= 0.3 is 24.3 Å². The molecule has 1 saturated heterocycles. The number of benzene rings is 1. The molecule has 204 valence electrons. The molecule has 0 amide bonds. The molecule has 36 heavy (non-hydrogen) atoms. The Morgan fingerprint density at radius 1 is 1.06 bits per heavy atom. The highest BCUT2D eigenvalue weighted by atomic mass is 19.4. The van der Waals surface area contributed by atoms with Crippen molar-refractivity contribution in [3.8, 4) is 0 Å². The molecule has 1 atom stereocenters. The number of carbonyl (C=O) groups is 2. The number of methoxy groups -OCH3 is 1. The van der Waals surface area contributed by atoms with Gasteiger partial charge in [-0.25, -0.2) is 14.6 Å². The summed E-state index contributed by atoms with van der Waals surface area (Å²) in [6.07, 6.45) is -4.35. The van der Waals surface area contributed by atoms with E-state index in [1.807, 2.05) is 6.33 Å². The van der Waals surface area contributed by atoms with Gasteiger partial charge in [0.05, 0.1) is 17.4 Å². The maximum atomic E-state index is 10.6. The number of ether oxygens (including phenoxy) is 1. The average molecular weight is 529 g/mol. The Balaban J connectivity index is 0.000000383. The van der Waals surface area contributed by atoms with Gasteiger partial charge in [0.1, 0.15) is 0 Å². The topological polar surface area (TPSA) is 105 Å². The summed E-state index contributed by atoms with van der Waals surface area (Å²) in [4.78, 5) is 24.9. The molecular weight excluding hydrogens is 500 g/mol.